The zero-order valence-corrected chi connectivity index (χ0v) is 11.8. The molecule has 102 valence electrons. The lowest BCUT2D eigenvalue weighted by Crippen LogP contribution is -2.26. The van der Waals surface area contributed by atoms with Gasteiger partial charge in [-0.15, -0.1) is 0 Å². The summed E-state index contributed by atoms with van der Waals surface area (Å²) in [5.41, 5.74) is 0.874. The first kappa shape index (κ1) is 13.8. The zero-order chi connectivity index (χ0) is 14.0. The smallest absolute Gasteiger partial charge is 0.227 e. The average Bonchev–Trinajstić information content (AvgIpc) is 2.70. The number of hydrogen-bond donors (Lipinski definition) is 0. The van der Waals surface area contributed by atoms with Crippen LogP contribution in [0.1, 0.15) is 33.6 Å². The second-order valence-electron chi connectivity index (χ2n) is 6.44. The van der Waals surface area contributed by atoms with Gasteiger partial charge in [-0.3, -0.25) is 9.59 Å². The van der Waals surface area contributed by atoms with Crippen molar-refractivity contribution >= 4 is 17.4 Å². The van der Waals surface area contributed by atoms with E-state index in [1.165, 1.54) is 0 Å². The Morgan fingerprint density at radius 2 is 1.89 bits per heavy atom. The van der Waals surface area contributed by atoms with Crippen molar-refractivity contribution in [1.29, 1.82) is 0 Å². The number of Topliss-reactive ketones (excluding diaryl/α,β-unsaturated/α-hetero) is 1. The van der Waals surface area contributed by atoms with Gasteiger partial charge in [0.1, 0.15) is 5.78 Å². The van der Waals surface area contributed by atoms with E-state index in [0.717, 1.165) is 5.69 Å². The van der Waals surface area contributed by atoms with E-state index in [4.69, 9.17) is 0 Å². The van der Waals surface area contributed by atoms with Crippen LogP contribution in [0.5, 0.6) is 0 Å². The summed E-state index contributed by atoms with van der Waals surface area (Å²) < 4.78 is 0. The molecule has 0 radical (unpaired) electrons. The molecule has 1 saturated heterocycles. The van der Waals surface area contributed by atoms with Crippen LogP contribution < -0.4 is 4.90 Å². The lowest BCUT2D eigenvalue weighted by Gasteiger charge is -2.20. The molecule has 0 aliphatic carbocycles. The van der Waals surface area contributed by atoms with Crippen molar-refractivity contribution in [3.05, 3.63) is 30.3 Å². The van der Waals surface area contributed by atoms with E-state index in [2.05, 4.69) is 20.8 Å². The van der Waals surface area contributed by atoms with Crippen LogP contribution in [0.25, 0.3) is 0 Å². The molecule has 1 fully saturated rings. The molecule has 3 nitrogen and oxygen atoms in total. The highest BCUT2D eigenvalue weighted by Crippen LogP contribution is 2.29. The van der Waals surface area contributed by atoms with Crippen molar-refractivity contribution in [2.24, 2.45) is 11.3 Å². The maximum Gasteiger partial charge on any atom is 0.227 e. The van der Waals surface area contributed by atoms with Gasteiger partial charge in [-0.2, -0.15) is 0 Å². The van der Waals surface area contributed by atoms with Crippen molar-refractivity contribution in [1.82, 2.24) is 0 Å². The molecule has 1 aliphatic heterocycles. The van der Waals surface area contributed by atoms with Gasteiger partial charge in [0.25, 0.3) is 0 Å². The Labute approximate surface area is 114 Å². The summed E-state index contributed by atoms with van der Waals surface area (Å²) in [6.45, 7) is 6.68. The van der Waals surface area contributed by atoms with Crippen molar-refractivity contribution in [2.75, 3.05) is 11.4 Å². The van der Waals surface area contributed by atoms with E-state index in [1.54, 1.807) is 4.90 Å². The van der Waals surface area contributed by atoms with Crippen molar-refractivity contribution in [2.45, 2.75) is 33.6 Å². The highest BCUT2D eigenvalue weighted by atomic mass is 16.2. The average molecular weight is 259 g/mol. The molecular weight excluding hydrogens is 238 g/mol. The molecule has 0 bridgehead atoms. The monoisotopic (exact) mass is 259 g/mol. The third-order valence-electron chi connectivity index (χ3n) is 3.35. The van der Waals surface area contributed by atoms with Crippen LogP contribution in [-0.2, 0) is 9.59 Å². The Bertz CT molecular complexity index is 473. The van der Waals surface area contributed by atoms with E-state index in [0.29, 0.717) is 19.4 Å². The standard InChI is InChI=1S/C16H21NO2/c1-16(2,3)10-14(18)12-9-15(19)17(11-12)13-7-5-4-6-8-13/h4-8,12H,9-11H2,1-3H3. The number of benzene rings is 1. The van der Waals surface area contributed by atoms with Gasteiger partial charge in [0.05, 0.1) is 0 Å². The Kier molecular flexibility index (Phi) is 3.74. The van der Waals surface area contributed by atoms with Crippen LogP contribution in [0.2, 0.25) is 0 Å². The minimum Gasteiger partial charge on any atom is -0.312 e. The molecule has 2 rings (SSSR count). The lowest BCUT2D eigenvalue weighted by atomic mass is 9.85. The Balaban J connectivity index is 2.06. The number of anilines is 1. The predicted octanol–water partition coefficient (Wildman–Crippen LogP) is 3.04. The summed E-state index contributed by atoms with van der Waals surface area (Å²) in [6, 6.07) is 9.56. The lowest BCUT2D eigenvalue weighted by molar-refractivity contribution is -0.126. The highest BCUT2D eigenvalue weighted by molar-refractivity contribution is 6.00. The first-order valence-corrected chi connectivity index (χ1v) is 6.75. The van der Waals surface area contributed by atoms with Crippen LogP contribution in [0.3, 0.4) is 0 Å². The van der Waals surface area contributed by atoms with E-state index in [9.17, 15) is 9.59 Å². The predicted molar refractivity (Wildman–Crippen MR) is 76.0 cm³/mol. The second kappa shape index (κ2) is 5.16. The van der Waals surface area contributed by atoms with Gasteiger partial charge in [-0.05, 0) is 17.5 Å². The van der Waals surface area contributed by atoms with Gasteiger partial charge in [0.15, 0.2) is 0 Å². The molecule has 1 atom stereocenters. The van der Waals surface area contributed by atoms with Crippen molar-refractivity contribution < 1.29 is 9.59 Å². The molecular formula is C16H21NO2. The van der Waals surface area contributed by atoms with Crippen LogP contribution in [0, 0.1) is 11.3 Å². The molecule has 0 spiro atoms. The Hall–Kier alpha value is -1.64. The number of carbonyl (C=O) groups is 2. The molecule has 0 aromatic heterocycles. The van der Waals surface area contributed by atoms with E-state index >= 15 is 0 Å². The minimum absolute atomic E-state index is 0.0136. The summed E-state index contributed by atoms with van der Waals surface area (Å²) in [6.07, 6.45) is 0.886. The van der Waals surface area contributed by atoms with Gasteiger partial charge < -0.3 is 4.90 Å². The van der Waals surface area contributed by atoms with Gasteiger partial charge in [0.2, 0.25) is 5.91 Å². The second-order valence-corrected chi connectivity index (χ2v) is 6.44. The van der Waals surface area contributed by atoms with Crippen molar-refractivity contribution in [3.8, 4) is 0 Å². The van der Waals surface area contributed by atoms with E-state index in [1.807, 2.05) is 30.3 Å². The normalized spacial score (nSPS) is 19.8. The molecule has 1 unspecified atom stereocenters. The summed E-state index contributed by atoms with van der Waals surface area (Å²) >= 11 is 0. The number of rotatable bonds is 3. The number of amides is 1. The van der Waals surface area contributed by atoms with Crippen LogP contribution in [0.4, 0.5) is 5.69 Å². The summed E-state index contributed by atoms with van der Waals surface area (Å²) in [7, 11) is 0. The van der Waals surface area contributed by atoms with Gasteiger partial charge in [-0.25, -0.2) is 0 Å². The SMILES string of the molecule is CC(C)(C)CC(=O)C1CC(=O)N(c2ccccc2)C1. The number of ketones is 1. The fraction of sp³-hybridized carbons (Fsp3) is 0.500. The molecule has 1 aromatic rings. The molecule has 1 heterocycles. The summed E-state index contributed by atoms with van der Waals surface area (Å²) in [5.74, 6) is 0.115. The largest absolute Gasteiger partial charge is 0.312 e. The van der Waals surface area contributed by atoms with Crippen LogP contribution in [0.15, 0.2) is 30.3 Å². The highest BCUT2D eigenvalue weighted by Gasteiger charge is 2.35. The van der Waals surface area contributed by atoms with Gasteiger partial charge >= 0.3 is 0 Å². The Morgan fingerprint density at radius 1 is 1.26 bits per heavy atom. The molecule has 1 amide bonds. The molecule has 0 saturated carbocycles. The number of para-hydroxylation sites is 1. The number of carbonyl (C=O) groups excluding carboxylic acids is 2. The molecule has 19 heavy (non-hydrogen) atoms. The number of nitrogens with zero attached hydrogens (tertiary/aromatic N) is 1. The van der Waals surface area contributed by atoms with Crippen LogP contribution in [-0.4, -0.2) is 18.2 Å². The topological polar surface area (TPSA) is 37.4 Å². The van der Waals surface area contributed by atoms with E-state index in [-0.39, 0.29) is 23.0 Å². The summed E-state index contributed by atoms with van der Waals surface area (Å²) in [4.78, 5) is 26.0. The first-order chi connectivity index (χ1) is 8.87. The van der Waals surface area contributed by atoms with Gasteiger partial charge in [-0.1, -0.05) is 39.0 Å². The first-order valence-electron chi connectivity index (χ1n) is 6.75. The van der Waals surface area contributed by atoms with E-state index < -0.39 is 0 Å². The quantitative estimate of drug-likeness (QED) is 0.836. The fourth-order valence-corrected chi connectivity index (χ4v) is 2.45. The molecule has 3 heteroatoms. The van der Waals surface area contributed by atoms with Crippen LogP contribution >= 0.6 is 0 Å². The van der Waals surface area contributed by atoms with Crippen molar-refractivity contribution in [3.63, 3.8) is 0 Å². The maximum absolute atomic E-state index is 12.2. The minimum atomic E-state index is -0.146. The third kappa shape index (κ3) is 3.43. The molecule has 1 aliphatic rings. The number of hydrogen-bond acceptors (Lipinski definition) is 2. The fourth-order valence-electron chi connectivity index (χ4n) is 2.45. The Morgan fingerprint density at radius 3 is 2.47 bits per heavy atom. The van der Waals surface area contributed by atoms with Gasteiger partial charge in [0, 0.05) is 31.0 Å². The zero-order valence-electron chi connectivity index (χ0n) is 11.8. The third-order valence-corrected chi connectivity index (χ3v) is 3.35. The maximum atomic E-state index is 12.2. The molecule has 0 N–H and O–H groups in total. The molecule has 1 aromatic carbocycles. The summed E-state index contributed by atoms with van der Waals surface area (Å²) in [5, 5.41) is 0.